The highest BCUT2D eigenvalue weighted by atomic mass is 15.2. The van der Waals surface area contributed by atoms with Crippen LogP contribution < -0.4 is 10.2 Å². The lowest BCUT2D eigenvalue weighted by atomic mass is 9.84. The van der Waals surface area contributed by atoms with Gasteiger partial charge in [-0.05, 0) is 51.1 Å². The van der Waals surface area contributed by atoms with Gasteiger partial charge in [0.25, 0.3) is 0 Å². The highest BCUT2D eigenvalue weighted by molar-refractivity contribution is 5.48. The minimum atomic E-state index is 0.355. The topological polar surface area (TPSA) is 28.2 Å². The van der Waals surface area contributed by atoms with Gasteiger partial charge in [0, 0.05) is 30.9 Å². The average Bonchev–Trinajstić information content (AvgIpc) is 2.54. The molecule has 1 aliphatic rings. The Morgan fingerprint density at radius 2 is 2.00 bits per heavy atom. The molecular weight excluding hydrogens is 258 g/mol. The number of anilines is 1. The highest BCUT2D eigenvalue weighted by Gasteiger charge is 2.25. The molecule has 2 rings (SSSR count). The van der Waals surface area contributed by atoms with E-state index < -0.39 is 0 Å². The highest BCUT2D eigenvalue weighted by Crippen LogP contribution is 2.32. The van der Waals surface area contributed by atoms with Gasteiger partial charge in [0.2, 0.25) is 0 Å². The van der Waals surface area contributed by atoms with Gasteiger partial charge in [0.05, 0.1) is 0 Å². The lowest BCUT2D eigenvalue weighted by Crippen LogP contribution is -2.36. The monoisotopic (exact) mass is 289 g/mol. The van der Waals surface area contributed by atoms with E-state index in [0.29, 0.717) is 12.1 Å². The quantitative estimate of drug-likeness (QED) is 0.852. The van der Waals surface area contributed by atoms with Crippen molar-refractivity contribution in [1.82, 2.24) is 10.3 Å². The average molecular weight is 289 g/mol. The Hall–Kier alpha value is -1.09. The first-order chi connectivity index (χ1) is 10.2. The van der Waals surface area contributed by atoms with Crippen LogP contribution in [0.1, 0.15) is 64.5 Å². The zero-order valence-electron chi connectivity index (χ0n) is 14.1. The lowest BCUT2D eigenvalue weighted by Gasteiger charge is -2.36. The van der Waals surface area contributed by atoms with Crippen LogP contribution in [0, 0.1) is 5.92 Å². The van der Waals surface area contributed by atoms with Gasteiger partial charge in [-0.3, -0.25) is 0 Å². The summed E-state index contributed by atoms with van der Waals surface area (Å²) in [6, 6.07) is 5.27. The summed E-state index contributed by atoms with van der Waals surface area (Å²) in [7, 11) is 2.22. The maximum Gasteiger partial charge on any atom is 0.133 e. The van der Waals surface area contributed by atoms with Crippen LogP contribution in [-0.2, 0) is 0 Å². The van der Waals surface area contributed by atoms with Gasteiger partial charge in [-0.15, -0.1) is 0 Å². The SMILES string of the molecule is CCNC(C)c1cccnc1N(C)C1CCC(CC)CC1. The third-order valence-electron chi connectivity index (χ3n) is 5.07. The second-order valence-corrected chi connectivity index (χ2v) is 6.39. The van der Waals surface area contributed by atoms with E-state index in [9.17, 15) is 0 Å². The normalized spacial score (nSPS) is 23.8. The molecular formula is C18H31N3. The van der Waals surface area contributed by atoms with Crippen LogP contribution in [0.25, 0.3) is 0 Å². The van der Waals surface area contributed by atoms with Crippen LogP contribution in [0.4, 0.5) is 5.82 Å². The van der Waals surface area contributed by atoms with Crippen molar-refractivity contribution < 1.29 is 0 Å². The van der Waals surface area contributed by atoms with Crippen molar-refractivity contribution >= 4 is 5.82 Å². The molecule has 1 aromatic rings. The van der Waals surface area contributed by atoms with E-state index in [2.05, 4.69) is 55.2 Å². The summed E-state index contributed by atoms with van der Waals surface area (Å²) < 4.78 is 0. The zero-order chi connectivity index (χ0) is 15.2. The molecule has 1 unspecified atom stereocenters. The summed E-state index contributed by atoms with van der Waals surface area (Å²) in [5, 5.41) is 3.51. The van der Waals surface area contributed by atoms with Gasteiger partial charge < -0.3 is 10.2 Å². The maximum absolute atomic E-state index is 4.68. The molecule has 0 bridgehead atoms. The van der Waals surface area contributed by atoms with Crippen LogP contribution in [-0.4, -0.2) is 24.6 Å². The van der Waals surface area contributed by atoms with Crippen molar-refractivity contribution in [3.8, 4) is 0 Å². The van der Waals surface area contributed by atoms with E-state index in [0.717, 1.165) is 18.3 Å². The second-order valence-electron chi connectivity index (χ2n) is 6.39. The predicted molar refractivity (Wildman–Crippen MR) is 90.8 cm³/mol. The lowest BCUT2D eigenvalue weighted by molar-refractivity contribution is 0.312. The van der Waals surface area contributed by atoms with Gasteiger partial charge in [-0.2, -0.15) is 0 Å². The fourth-order valence-electron chi connectivity index (χ4n) is 3.57. The summed E-state index contributed by atoms with van der Waals surface area (Å²) in [5.41, 5.74) is 1.32. The first-order valence-corrected chi connectivity index (χ1v) is 8.58. The van der Waals surface area contributed by atoms with E-state index in [1.807, 2.05) is 6.20 Å². The molecule has 1 aromatic heterocycles. The molecule has 0 spiro atoms. The van der Waals surface area contributed by atoms with E-state index in [1.165, 1.54) is 37.7 Å². The molecule has 3 nitrogen and oxygen atoms in total. The van der Waals surface area contributed by atoms with Gasteiger partial charge >= 0.3 is 0 Å². The van der Waals surface area contributed by atoms with Crippen LogP contribution in [0.5, 0.6) is 0 Å². The maximum atomic E-state index is 4.68. The molecule has 0 aromatic carbocycles. The fraction of sp³-hybridized carbons (Fsp3) is 0.722. The number of hydrogen-bond acceptors (Lipinski definition) is 3. The molecule has 0 amide bonds. The first-order valence-electron chi connectivity index (χ1n) is 8.58. The van der Waals surface area contributed by atoms with Gasteiger partial charge in [0.1, 0.15) is 5.82 Å². The van der Waals surface area contributed by atoms with E-state index in [-0.39, 0.29) is 0 Å². The number of hydrogen-bond donors (Lipinski definition) is 1. The molecule has 21 heavy (non-hydrogen) atoms. The largest absolute Gasteiger partial charge is 0.356 e. The van der Waals surface area contributed by atoms with Crippen LogP contribution in [0.3, 0.4) is 0 Å². The van der Waals surface area contributed by atoms with Crippen molar-refractivity contribution in [1.29, 1.82) is 0 Å². The van der Waals surface area contributed by atoms with Crippen molar-refractivity contribution in [3.63, 3.8) is 0 Å². The Morgan fingerprint density at radius 1 is 1.29 bits per heavy atom. The molecule has 1 saturated carbocycles. The zero-order valence-corrected chi connectivity index (χ0v) is 14.1. The molecule has 1 aliphatic carbocycles. The van der Waals surface area contributed by atoms with E-state index in [1.54, 1.807) is 0 Å². The number of nitrogens with one attached hydrogen (secondary N) is 1. The molecule has 3 heteroatoms. The summed E-state index contributed by atoms with van der Waals surface area (Å²) in [6.07, 6.45) is 8.61. The molecule has 1 atom stereocenters. The van der Waals surface area contributed by atoms with Crippen LogP contribution >= 0.6 is 0 Å². The molecule has 1 heterocycles. The van der Waals surface area contributed by atoms with Crippen LogP contribution in [0.2, 0.25) is 0 Å². The second kappa shape index (κ2) is 7.79. The standard InChI is InChI=1S/C18H31N3/c1-5-15-9-11-16(12-10-15)21(4)18-17(8-7-13-20-18)14(3)19-6-2/h7-8,13-16,19H,5-6,9-12H2,1-4H3. The Morgan fingerprint density at radius 3 is 2.62 bits per heavy atom. The molecule has 0 aliphatic heterocycles. The Kier molecular flexibility index (Phi) is 6.04. The van der Waals surface area contributed by atoms with Gasteiger partial charge in [0.15, 0.2) is 0 Å². The number of pyridine rings is 1. The Balaban J connectivity index is 2.10. The first kappa shape index (κ1) is 16.3. The number of nitrogens with zero attached hydrogens (tertiary/aromatic N) is 2. The van der Waals surface area contributed by atoms with Crippen molar-refractivity contribution in [3.05, 3.63) is 23.9 Å². The molecule has 0 saturated heterocycles. The summed E-state index contributed by atoms with van der Waals surface area (Å²) in [6.45, 7) is 7.69. The van der Waals surface area contributed by atoms with Crippen molar-refractivity contribution in [2.45, 2.75) is 65.0 Å². The van der Waals surface area contributed by atoms with Gasteiger partial charge in [-0.25, -0.2) is 4.98 Å². The Labute approximate surface area is 130 Å². The molecule has 1 N–H and O–H groups in total. The Bertz CT molecular complexity index is 424. The summed E-state index contributed by atoms with van der Waals surface area (Å²) >= 11 is 0. The number of rotatable bonds is 6. The van der Waals surface area contributed by atoms with Crippen molar-refractivity contribution in [2.24, 2.45) is 5.92 Å². The minimum absolute atomic E-state index is 0.355. The van der Waals surface area contributed by atoms with E-state index in [4.69, 9.17) is 0 Å². The minimum Gasteiger partial charge on any atom is -0.356 e. The fourth-order valence-corrected chi connectivity index (χ4v) is 3.57. The van der Waals surface area contributed by atoms with Crippen molar-refractivity contribution in [2.75, 3.05) is 18.5 Å². The molecule has 0 radical (unpaired) electrons. The summed E-state index contributed by atoms with van der Waals surface area (Å²) in [5.74, 6) is 2.10. The third-order valence-corrected chi connectivity index (χ3v) is 5.07. The predicted octanol–water partition coefficient (Wildman–Crippen LogP) is 4.16. The number of aromatic nitrogens is 1. The van der Waals surface area contributed by atoms with Gasteiger partial charge in [-0.1, -0.05) is 26.3 Å². The third kappa shape index (κ3) is 3.97. The summed E-state index contributed by atoms with van der Waals surface area (Å²) in [4.78, 5) is 7.11. The molecule has 1 fully saturated rings. The van der Waals surface area contributed by atoms with Crippen LogP contribution in [0.15, 0.2) is 18.3 Å². The van der Waals surface area contributed by atoms with E-state index >= 15 is 0 Å². The smallest absolute Gasteiger partial charge is 0.133 e. The molecule has 118 valence electrons.